The number of nitrogens with one attached hydrogen (secondary N) is 2. The van der Waals surface area contributed by atoms with Gasteiger partial charge in [0.25, 0.3) is 0 Å². The zero-order valence-corrected chi connectivity index (χ0v) is 15.4. The van der Waals surface area contributed by atoms with E-state index < -0.39 is 0 Å². The minimum atomic E-state index is 0.698. The first-order valence-corrected chi connectivity index (χ1v) is 9.63. The van der Waals surface area contributed by atoms with E-state index >= 15 is 0 Å². The minimum Gasteiger partial charge on any atom is -0.494 e. The zero-order chi connectivity index (χ0) is 17.8. The zero-order valence-electron chi connectivity index (χ0n) is 15.4. The minimum absolute atomic E-state index is 0.698. The Morgan fingerprint density at radius 1 is 1.15 bits per heavy atom. The van der Waals surface area contributed by atoms with Gasteiger partial charge in [-0.15, -0.1) is 0 Å². The van der Waals surface area contributed by atoms with Crippen LogP contribution in [0.2, 0.25) is 0 Å². The second kappa shape index (κ2) is 7.83. The van der Waals surface area contributed by atoms with E-state index in [-0.39, 0.29) is 0 Å². The van der Waals surface area contributed by atoms with Crippen molar-refractivity contribution in [1.82, 2.24) is 9.88 Å². The molecule has 2 aromatic carbocycles. The van der Waals surface area contributed by atoms with Crippen LogP contribution < -0.4 is 15.4 Å². The molecule has 26 heavy (non-hydrogen) atoms. The number of aromatic nitrogens is 1. The fourth-order valence-electron chi connectivity index (χ4n) is 3.92. The van der Waals surface area contributed by atoms with Crippen LogP contribution in [-0.4, -0.2) is 24.3 Å². The average Bonchev–Trinajstić information content (AvgIpc) is 3.00. The molecule has 3 aromatic rings. The molecule has 1 aliphatic rings. The summed E-state index contributed by atoms with van der Waals surface area (Å²) in [5.41, 5.74) is 5.50. The van der Waals surface area contributed by atoms with Crippen LogP contribution in [0.15, 0.2) is 48.5 Å². The van der Waals surface area contributed by atoms with Gasteiger partial charge in [-0.25, -0.2) is 0 Å². The average molecular weight is 349 g/mol. The van der Waals surface area contributed by atoms with E-state index in [0.29, 0.717) is 6.61 Å². The molecule has 1 aliphatic heterocycles. The molecule has 0 fully saturated rings. The molecule has 2 N–H and O–H groups in total. The van der Waals surface area contributed by atoms with Gasteiger partial charge in [-0.1, -0.05) is 24.3 Å². The molecule has 0 bridgehead atoms. The fourth-order valence-corrected chi connectivity index (χ4v) is 3.92. The van der Waals surface area contributed by atoms with E-state index in [1.165, 1.54) is 22.2 Å². The van der Waals surface area contributed by atoms with Gasteiger partial charge >= 0.3 is 0 Å². The standard InChI is InChI=1S/C22H27N3O/c1-2-26-18-8-5-7-17(15-18)24-12-6-14-25-21-10-4-3-9-19(21)20-11-13-23-16-22(20)25/h3-5,7-10,15,23-24H,2,6,11-14,16H2,1H3. The maximum atomic E-state index is 5.57. The van der Waals surface area contributed by atoms with E-state index in [9.17, 15) is 0 Å². The van der Waals surface area contributed by atoms with Gasteiger partial charge in [0.2, 0.25) is 0 Å². The lowest BCUT2D eigenvalue weighted by Crippen LogP contribution is -2.25. The van der Waals surface area contributed by atoms with Gasteiger partial charge in [-0.05, 0) is 50.1 Å². The molecule has 2 heterocycles. The molecule has 136 valence electrons. The first kappa shape index (κ1) is 17.0. The Morgan fingerprint density at radius 3 is 3.00 bits per heavy atom. The Kier molecular flexibility index (Phi) is 5.12. The Balaban J connectivity index is 1.43. The predicted octanol–water partition coefficient (Wildman–Crippen LogP) is 4.19. The number of hydrogen-bond acceptors (Lipinski definition) is 3. The summed E-state index contributed by atoms with van der Waals surface area (Å²) in [6.45, 7) is 6.76. The topological polar surface area (TPSA) is 38.2 Å². The van der Waals surface area contributed by atoms with Crippen molar-refractivity contribution in [2.45, 2.75) is 32.9 Å². The SMILES string of the molecule is CCOc1cccc(NCCCn2c3c(c4ccccc42)CCNC3)c1. The predicted molar refractivity (Wildman–Crippen MR) is 108 cm³/mol. The number of fused-ring (bicyclic) bond motifs is 3. The number of anilines is 1. The molecule has 0 saturated heterocycles. The molecule has 0 radical (unpaired) electrons. The lowest BCUT2D eigenvalue weighted by molar-refractivity contribution is 0.340. The molecule has 0 amide bonds. The van der Waals surface area contributed by atoms with Crippen LogP contribution in [0.3, 0.4) is 0 Å². The van der Waals surface area contributed by atoms with Crippen molar-refractivity contribution < 1.29 is 4.74 Å². The molecule has 0 atom stereocenters. The van der Waals surface area contributed by atoms with Gasteiger partial charge < -0.3 is 19.9 Å². The maximum absolute atomic E-state index is 5.57. The highest BCUT2D eigenvalue weighted by atomic mass is 16.5. The van der Waals surface area contributed by atoms with Gasteiger partial charge in [-0.3, -0.25) is 0 Å². The third kappa shape index (κ3) is 3.42. The van der Waals surface area contributed by atoms with E-state index in [0.717, 1.165) is 50.5 Å². The lowest BCUT2D eigenvalue weighted by Gasteiger charge is -2.17. The van der Waals surface area contributed by atoms with Crippen LogP contribution in [0.25, 0.3) is 10.9 Å². The summed E-state index contributed by atoms with van der Waals surface area (Å²) >= 11 is 0. The monoisotopic (exact) mass is 349 g/mol. The Morgan fingerprint density at radius 2 is 2.08 bits per heavy atom. The van der Waals surface area contributed by atoms with Gasteiger partial charge in [0.15, 0.2) is 0 Å². The van der Waals surface area contributed by atoms with Crippen molar-refractivity contribution >= 4 is 16.6 Å². The van der Waals surface area contributed by atoms with E-state index in [1.54, 1.807) is 0 Å². The van der Waals surface area contributed by atoms with Gasteiger partial charge in [0.1, 0.15) is 5.75 Å². The third-order valence-corrected chi connectivity index (χ3v) is 5.07. The summed E-state index contributed by atoms with van der Waals surface area (Å²) in [4.78, 5) is 0. The van der Waals surface area contributed by atoms with Crippen molar-refractivity contribution in [3.05, 3.63) is 59.8 Å². The van der Waals surface area contributed by atoms with Crippen molar-refractivity contribution in [1.29, 1.82) is 0 Å². The highest BCUT2D eigenvalue weighted by molar-refractivity contribution is 5.85. The smallest absolute Gasteiger partial charge is 0.121 e. The van der Waals surface area contributed by atoms with Crippen LogP contribution >= 0.6 is 0 Å². The van der Waals surface area contributed by atoms with Crippen LogP contribution in [0.1, 0.15) is 24.6 Å². The Hall–Kier alpha value is -2.46. The summed E-state index contributed by atoms with van der Waals surface area (Å²) in [6, 6.07) is 17.0. The van der Waals surface area contributed by atoms with Crippen LogP contribution in [0.4, 0.5) is 5.69 Å². The van der Waals surface area contributed by atoms with Gasteiger partial charge in [-0.2, -0.15) is 0 Å². The molecule has 0 aliphatic carbocycles. The Bertz CT molecular complexity index is 884. The first-order valence-electron chi connectivity index (χ1n) is 9.63. The summed E-state index contributed by atoms with van der Waals surface area (Å²) in [6.07, 6.45) is 2.22. The van der Waals surface area contributed by atoms with Crippen LogP contribution in [0.5, 0.6) is 5.75 Å². The molecule has 4 nitrogen and oxygen atoms in total. The molecule has 0 spiro atoms. The van der Waals surface area contributed by atoms with Crippen molar-refractivity contribution in [2.75, 3.05) is 25.0 Å². The van der Waals surface area contributed by atoms with E-state index in [1.807, 2.05) is 19.1 Å². The maximum Gasteiger partial charge on any atom is 0.121 e. The number of para-hydroxylation sites is 1. The quantitative estimate of drug-likeness (QED) is 0.628. The summed E-state index contributed by atoms with van der Waals surface area (Å²) < 4.78 is 8.08. The number of hydrogen-bond donors (Lipinski definition) is 2. The number of benzene rings is 2. The second-order valence-electron chi connectivity index (χ2n) is 6.76. The van der Waals surface area contributed by atoms with Crippen LogP contribution in [0, 0.1) is 0 Å². The van der Waals surface area contributed by atoms with Gasteiger partial charge in [0.05, 0.1) is 6.61 Å². The van der Waals surface area contributed by atoms with E-state index in [4.69, 9.17) is 4.74 Å². The number of aryl methyl sites for hydroxylation is 1. The molecule has 0 saturated carbocycles. The molecule has 1 aromatic heterocycles. The lowest BCUT2D eigenvalue weighted by atomic mass is 10.1. The highest BCUT2D eigenvalue weighted by Gasteiger charge is 2.18. The molecule has 4 heteroatoms. The first-order chi connectivity index (χ1) is 12.9. The molecular formula is C22H27N3O. The number of ether oxygens (including phenoxy) is 1. The molecular weight excluding hydrogens is 322 g/mol. The molecule has 0 unspecified atom stereocenters. The highest BCUT2D eigenvalue weighted by Crippen LogP contribution is 2.28. The van der Waals surface area contributed by atoms with Crippen molar-refractivity contribution in [2.24, 2.45) is 0 Å². The van der Waals surface area contributed by atoms with Crippen molar-refractivity contribution in [3.63, 3.8) is 0 Å². The molecule has 4 rings (SSSR count). The Labute approximate surface area is 155 Å². The second-order valence-corrected chi connectivity index (χ2v) is 6.76. The summed E-state index contributed by atoms with van der Waals surface area (Å²) in [7, 11) is 0. The third-order valence-electron chi connectivity index (χ3n) is 5.07. The fraction of sp³-hybridized carbons (Fsp3) is 0.364. The van der Waals surface area contributed by atoms with Gasteiger partial charge in [0, 0.05) is 48.0 Å². The number of nitrogens with zero attached hydrogens (tertiary/aromatic N) is 1. The summed E-state index contributed by atoms with van der Waals surface area (Å²) in [5, 5.41) is 8.48. The van der Waals surface area contributed by atoms with Crippen LogP contribution in [-0.2, 0) is 19.5 Å². The largest absolute Gasteiger partial charge is 0.494 e. The number of rotatable bonds is 7. The normalized spacial score (nSPS) is 13.6. The van der Waals surface area contributed by atoms with E-state index in [2.05, 4.69) is 51.6 Å². The van der Waals surface area contributed by atoms with Crippen molar-refractivity contribution in [3.8, 4) is 5.75 Å². The summed E-state index contributed by atoms with van der Waals surface area (Å²) in [5.74, 6) is 0.925.